The Labute approximate surface area is 198 Å². The van der Waals surface area contributed by atoms with E-state index in [4.69, 9.17) is 10.5 Å². The molecule has 34 heavy (non-hydrogen) atoms. The number of fused-ring (bicyclic) bond motifs is 2. The van der Waals surface area contributed by atoms with Crippen LogP contribution in [0.2, 0.25) is 0 Å². The molecule has 1 aliphatic heterocycles. The molecule has 0 aliphatic carbocycles. The van der Waals surface area contributed by atoms with Gasteiger partial charge in [-0.3, -0.25) is 9.69 Å². The van der Waals surface area contributed by atoms with Gasteiger partial charge in [0.05, 0.1) is 16.1 Å². The van der Waals surface area contributed by atoms with E-state index in [0.717, 1.165) is 21.4 Å². The molecule has 0 saturated carbocycles. The highest BCUT2D eigenvalue weighted by Gasteiger charge is 2.53. The zero-order valence-electron chi connectivity index (χ0n) is 18.3. The van der Waals surface area contributed by atoms with Gasteiger partial charge in [-0.25, -0.2) is 4.98 Å². The number of H-pyrrole nitrogens is 1. The largest absolute Gasteiger partial charge is 0.364 e. The number of halogens is 2. The molecule has 0 spiro atoms. The average Bonchev–Trinajstić information content (AvgIpc) is 3.52. The molecule has 1 atom stereocenters. The third-order valence-corrected chi connectivity index (χ3v) is 6.86. The fourth-order valence-electron chi connectivity index (χ4n) is 4.19. The number of nitrogens with zero attached hydrogens (tertiary/aromatic N) is 2. The number of alkyl halides is 2. The van der Waals surface area contributed by atoms with Crippen molar-refractivity contribution in [2.24, 2.45) is 5.73 Å². The molecule has 3 heterocycles. The van der Waals surface area contributed by atoms with Crippen molar-refractivity contribution in [2.75, 3.05) is 30.6 Å². The van der Waals surface area contributed by atoms with Gasteiger partial charge in [-0.05, 0) is 35.7 Å². The number of rotatable bonds is 8. The minimum atomic E-state index is -3.59. The Hall–Kier alpha value is -3.34. The molecule has 4 N–H and O–H groups in total. The predicted molar refractivity (Wildman–Crippen MR) is 129 cm³/mol. The maximum Gasteiger partial charge on any atom is 0.352 e. The number of amides is 1. The van der Waals surface area contributed by atoms with Crippen LogP contribution in [-0.2, 0) is 21.9 Å². The number of anilines is 2. The molecular weight excluding hydrogens is 460 g/mol. The Bertz CT molecular complexity index is 1350. The number of methoxy groups -OCH3 is 1. The van der Waals surface area contributed by atoms with Crippen LogP contribution in [0.4, 0.5) is 19.6 Å². The number of hydrogen-bond donors (Lipinski definition) is 3. The minimum Gasteiger partial charge on any atom is -0.364 e. The van der Waals surface area contributed by atoms with E-state index in [0.29, 0.717) is 28.5 Å². The number of nitrogens with one attached hydrogen (secondary N) is 2. The number of thiazole rings is 1. The number of benzene rings is 2. The highest BCUT2D eigenvalue weighted by Crippen LogP contribution is 2.46. The van der Waals surface area contributed by atoms with Gasteiger partial charge in [0.25, 0.3) is 0 Å². The van der Waals surface area contributed by atoms with Crippen LogP contribution in [0.3, 0.4) is 0 Å². The quantitative estimate of drug-likeness (QED) is 0.347. The van der Waals surface area contributed by atoms with E-state index in [-0.39, 0.29) is 24.0 Å². The van der Waals surface area contributed by atoms with Crippen LogP contribution in [0.15, 0.2) is 54.9 Å². The van der Waals surface area contributed by atoms with E-state index in [1.165, 1.54) is 30.6 Å². The van der Waals surface area contributed by atoms with Gasteiger partial charge in [0.15, 0.2) is 5.13 Å². The standard InChI is InChI=1S/C24H23F2N5O2S/c1-33-13-31-20-7-6-14(9-18(20)24(25,26)22(31)32)21-12-30-23(34-21)29-11-16(27)8-15-10-28-19-5-3-2-4-17(15)19/h2-7,9-10,12,16,28H,8,11,13,27H2,1H3,(H,29,30). The molecule has 1 amide bonds. The van der Waals surface area contributed by atoms with Crippen molar-refractivity contribution in [3.05, 3.63) is 66.0 Å². The van der Waals surface area contributed by atoms with Crippen LogP contribution >= 0.6 is 11.3 Å². The van der Waals surface area contributed by atoms with Crippen molar-refractivity contribution in [1.82, 2.24) is 9.97 Å². The zero-order chi connectivity index (χ0) is 23.9. The SMILES string of the molecule is COCN1C(=O)C(F)(F)c2cc(-c3cnc(NCC(N)Cc4c[nH]c5ccccc45)s3)ccc21. The molecular formula is C24H23F2N5O2S. The minimum absolute atomic E-state index is 0.136. The van der Waals surface area contributed by atoms with Gasteiger partial charge in [-0.2, -0.15) is 8.78 Å². The molecule has 10 heteroatoms. The fourth-order valence-corrected chi connectivity index (χ4v) is 5.01. The number of carbonyl (C=O) groups excluding carboxylic acids is 1. The summed E-state index contributed by atoms with van der Waals surface area (Å²) in [7, 11) is 1.36. The van der Waals surface area contributed by atoms with Crippen LogP contribution in [-0.4, -0.2) is 42.3 Å². The third-order valence-electron chi connectivity index (χ3n) is 5.86. The fraction of sp³-hybridized carbons (Fsp3) is 0.250. The van der Waals surface area contributed by atoms with Gasteiger partial charge < -0.3 is 20.8 Å². The second-order valence-corrected chi connectivity index (χ2v) is 9.22. The van der Waals surface area contributed by atoms with Crippen LogP contribution < -0.4 is 16.0 Å². The number of aromatic amines is 1. The topological polar surface area (TPSA) is 96.3 Å². The van der Waals surface area contributed by atoms with E-state index in [1.807, 2.05) is 24.4 Å². The molecule has 0 saturated heterocycles. The van der Waals surface area contributed by atoms with Gasteiger partial charge in [-0.1, -0.05) is 35.6 Å². The van der Waals surface area contributed by atoms with E-state index in [9.17, 15) is 13.6 Å². The van der Waals surface area contributed by atoms with Crippen LogP contribution in [0.5, 0.6) is 0 Å². The molecule has 0 radical (unpaired) electrons. The summed E-state index contributed by atoms with van der Waals surface area (Å²) in [6.45, 7) is 0.281. The van der Waals surface area contributed by atoms with Crippen molar-refractivity contribution < 1.29 is 18.3 Å². The lowest BCUT2D eigenvalue weighted by Crippen LogP contribution is -2.35. The normalized spacial score (nSPS) is 15.6. The Morgan fingerprint density at radius 3 is 2.94 bits per heavy atom. The summed E-state index contributed by atoms with van der Waals surface area (Å²) in [6, 6.07) is 12.5. The highest BCUT2D eigenvalue weighted by molar-refractivity contribution is 7.18. The first-order valence-electron chi connectivity index (χ1n) is 10.7. The zero-order valence-corrected chi connectivity index (χ0v) is 19.2. The maximum atomic E-state index is 14.6. The Balaban J connectivity index is 1.27. The monoisotopic (exact) mass is 483 g/mol. The first-order valence-corrected chi connectivity index (χ1v) is 11.5. The van der Waals surface area contributed by atoms with Crippen molar-refractivity contribution >= 4 is 39.0 Å². The predicted octanol–water partition coefficient (Wildman–Crippen LogP) is 4.32. The average molecular weight is 484 g/mol. The van der Waals surface area contributed by atoms with Gasteiger partial charge >= 0.3 is 11.8 Å². The summed E-state index contributed by atoms with van der Waals surface area (Å²) in [5, 5.41) is 5.04. The summed E-state index contributed by atoms with van der Waals surface area (Å²) in [6.07, 6.45) is 4.30. The van der Waals surface area contributed by atoms with Crippen LogP contribution in [0, 0.1) is 0 Å². The smallest absolute Gasteiger partial charge is 0.352 e. The Kier molecular flexibility index (Phi) is 5.80. The highest BCUT2D eigenvalue weighted by atomic mass is 32.1. The molecule has 5 rings (SSSR count). The summed E-state index contributed by atoms with van der Waals surface area (Å²) in [5.74, 6) is -4.87. The maximum absolute atomic E-state index is 14.6. The van der Waals surface area contributed by atoms with Gasteiger partial charge in [0.2, 0.25) is 0 Å². The van der Waals surface area contributed by atoms with E-state index >= 15 is 0 Å². The number of para-hydroxylation sites is 1. The lowest BCUT2D eigenvalue weighted by Gasteiger charge is -2.15. The van der Waals surface area contributed by atoms with Gasteiger partial charge in [0.1, 0.15) is 6.73 Å². The van der Waals surface area contributed by atoms with Gasteiger partial charge in [0, 0.05) is 43.0 Å². The molecule has 2 aromatic heterocycles. The van der Waals surface area contributed by atoms with E-state index in [2.05, 4.69) is 21.4 Å². The summed E-state index contributed by atoms with van der Waals surface area (Å²) in [5.41, 5.74) is 8.97. The first kappa shape index (κ1) is 22.5. The second kappa shape index (κ2) is 8.79. The molecule has 2 aromatic carbocycles. The Morgan fingerprint density at radius 1 is 1.29 bits per heavy atom. The molecule has 4 aromatic rings. The number of nitrogens with two attached hydrogens (primary N) is 1. The number of carbonyl (C=O) groups is 1. The number of hydrogen-bond acceptors (Lipinski definition) is 6. The van der Waals surface area contributed by atoms with E-state index < -0.39 is 11.8 Å². The molecule has 1 unspecified atom stereocenters. The third kappa shape index (κ3) is 3.93. The van der Waals surface area contributed by atoms with E-state index in [1.54, 1.807) is 12.3 Å². The van der Waals surface area contributed by atoms with Crippen molar-refractivity contribution in [1.29, 1.82) is 0 Å². The van der Waals surface area contributed by atoms with Crippen molar-refractivity contribution in [3.8, 4) is 10.4 Å². The van der Waals surface area contributed by atoms with Crippen molar-refractivity contribution in [2.45, 2.75) is 18.4 Å². The summed E-state index contributed by atoms with van der Waals surface area (Å²) >= 11 is 1.34. The first-order chi connectivity index (χ1) is 16.4. The number of ether oxygens (including phenoxy) is 1. The lowest BCUT2D eigenvalue weighted by atomic mass is 10.1. The van der Waals surface area contributed by atoms with Crippen molar-refractivity contribution in [3.63, 3.8) is 0 Å². The molecule has 7 nitrogen and oxygen atoms in total. The molecule has 176 valence electrons. The van der Waals surface area contributed by atoms with Crippen LogP contribution in [0.1, 0.15) is 11.1 Å². The Morgan fingerprint density at radius 2 is 2.12 bits per heavy atom. The van der Waals surface area contributed by atoms with Gasteiger partial charge in [-0.15, -0.1) is 0 Å². The molecule has 0 fully saturated rings. The second-order valence-electron chi connectivity index (χ2n) is 8.19. The summed E-state index contributed by atoms with van der Waals surface area (Å²) in [4.78, 5) is 21.4. The number of aromatic nitrogens is 2. The lowest BCUT2D eigenvalue weighted by molar-refractivity contribution is -0.142. The van der Waals surface area contributed by atoms with Crippen LogP contribution in [0.25, 0.3) is 21.3 Å². The summed E-state index contributed by atoms with van der Waals surface area (Å²) < 4.78 is 34.1. The molecule has 0 bridgehead atoms. The molecule has 1 aliphatic rings.